The Morgan fingerprint density at radius 3 is 2.42 bits per heavy atom. The third kappa shape index (κ3) is 5.46. The molecule has 0 radical (unpaired) electrons. The van der Waals surface area contributed by atoms with Crippen LogP contribution >= 0.6 is 0 Å². The Kier molecular flexibility index (Phi) is 6.57. The van der Waals surface area contributed by atoms with Gasteiger partial charge >= 0.3 is 6.03 Å². The number of nitrogens with one attached hydrogen (secondary N) is 1. The molecule has 1 saturated heterocycles. The van der Waals surface area contributed by atoms with E-state index in [2.05, 4.69) is 36.0 Å². The topological polar surface area (TPSA) is 57.7 Å². The second-order valence-electron chi connectivity index (χ2n) is 7.40. The molecule has 2 amide bonds. The van der Waals surface area contributed by atoms with Gasteiger partial charge in [-0.15, -0.1) is 0 Å². The third-order valence-electron chi connectivity index (χ3n) is 4.50. The first kappa shape index (κ1) is 18.7. The summed E-state index contributed by atoms with van der Waals surface area (Å²) in [6.45, 7) is 11.1. The summed E-state index contributed by atoms with van der Waals surface area (Å²) in [7, 11) is 1.69. The zero-order chi connectivity index (χ0) is 17.6. The van der Waals surface area contributed by atoms with Crippen molar-refractivity contribution in [3.63, 3.8) is 0 Å². The molecule has 2 heterocycles. The Hall–Kier alpha value is -1.66. The van der Waals surface area contributed by atoms with Crippen LogP contribution in [-0.2, 0) is 11.3 Å². The molecule has 1 unspecified atom stereocenters. The molecule has 6 nitrogen and oxygen atoms in total. The molecule has 2 rings (SSSR count). The molecule has 24 heavy (non-hydrogen) atoms. The fourth-order valence-electron chi connectivity index (χ4n) is 2.89. The molecule has 1 fully saturated rings. The van der Waals surface area contributed by atoms with Gasteiger partial charge in [-0.25, -0.2) is 4.79 Å². The Morgan fingerprint density at radius 1 is 1.25 bits per heavy atom. The maximum atomic E-state index is 12.3. The van der Waals surface area contributed by atoms with Crippen LogP contribution < -0.4 is 5.32 Å². The molecular formula is C18H30N4O2. The van der Waals surface area contributed by atoms with Gasteiger partial charge in [0.05, 0.1) is 6.10 Å². The van der Waals surface area contributed by atoms with Crippen LogP contribution in [0.1, 0.15) is 26.3 Å². The van der Waals surface area contributed by atoms with E-state index in [1.54, 1.807) is 7.11 Å². The van der Waals surface area contributed by atoms with Crippen molar-refractivity contribution in [2.24, 2.45) is 5.41 Å². The van der Waals surface area contributed by atoms with Gasteiger partial charge in [0.15, 0.2) is 0 Å². The fraction of sp³-hybridized carbons (Fsp3) is 0.667. The van der Waals surface area contributed by atoms with Crippen LogP contribution in [0.4, 0.5) is 4.79 Å². The highest BCUT2D eigenvalue weighted by atomic mass is 16.5. The SMILES string of the molecule is COC(CNC(=O)N1CCN(Cc2ccncc2)CC1)C(C)(C)C. The highest BCUT2D eigenvalue weighted by molar-refractivity contribution is 5.74. The summed E-state index contributed by atoms with van der Waals surface area (Å²) in [5.41, 5.74) is 1.27. The van der Waals surface area contributed by atoms with Crippen molar-refractivity contribution in [3.05, 3.63) is 30.1 Å². The summed E-state index contributed by atoms with van der Waals surface area (Å²) in [5.74, 6) is 0. The number of ether oxygens (including phenoxy) is 1. The van der Waals surface area contributed by atoms with Crippen molar-refractivity contribution < 1.29 is 9.53 Å². The second kappa shape index (κ2) is 8.44. The number of piperazine rings is 1. The van der Waals surface area contributed by atoms with Gasteiger partial charge < -0.3 is 15.0 Å². The smallest absolute Gasteiger partial charge is 0.317 e. The lowest BCUT2D eigenvalue weighted by Gasteiger charge is -2.35. The Bertz CT molecular complexity index is 508. The van der Waals surface area contributed by atoms with Gasteiger partial charge in [-0.2, -0.15) is 0 Å². The Morgan fingerprint density at radius 2 is 1.88 bits per heavy atom. The van der Waals surface area contributed by atoms with E-state index < -0.39 is 0 Å². The average molecular weight is 334 g/mol. The molecule has 6 heteroatoms. The number of rotatable bonds is 5. The van der Waals surface area contributed by atoms with Crippen molar-refractivity contribution in [2.75, 3.05) is 39.8 Å². The molecule has 1 aliphatic heterocycles. The number of hydrogen-bond acceptors (Lipinski definition) is 4. The quantitative estimate of drug-likeness (QED) is 0.894. The minimum Gasteiger partial charge on any atom is -0.379 e. The fourth-order valence-corrected chi connectivity index (χ4v) is 2.89. The summed E-state index contributed by atoms with van der Waals surface area (Å²) >= 11 is 0. The number of pyridine rings is 1. The van der Waals surface area contributed by atoms with Gasteiger partial charge in [-0.05, 0) is 23.1 Å². The molecule has 0 saturated carbocycles. The monoisotopic (exact) mass is 334 g/mol. The van der Waals surface area contributed by atoms with Crippen LogP contribution in [0, 0.1) is 5.41 Å². The molecule has 1 aliphatic rings. The molecule has 0 aliphatic carbocycles. The predicted molar refractivity (Wildman–Crippen MR) is 94.7 cm³/mol. The highest BCUT2D eigenvalue weighted by Crippen LogP contribution is 2.21. The molecular weight excluding hydrogens is 304 g/mol. The van der Waals surface area contributed by atoms with E-state index in [-0.39, 0.29) is 17.6 Å². The number of carbonyl (C=O) groups is 1. The zero-order valence-electron chi connectivity index (χ0n) is 15.3. The number of nitrogens with zero attached hydrogens (tertiary/aromatic N) is 3. The summed E-state index contributed by atoms with van der Waals surface area (Å²) < 4.78 is 5.49. The first-order valence-electron chi connectivity index (χ1n) is 8.57. The standard InChI is InChI=1S/C18H30N4O2/c1-18(2,3)16(24-4)13-20-17(23)22-11-9-21(10-12-22)14-15-5-7-19-8-6-15/h5-8,16H,9-14H2,1-4H3,(H,20,23). The summed E-state index contributed by atoms with van der Waals surface area (Å²) in [6.07, 6.45) is 3.65. The van der Waals surface area contributed by atoms with Crippen LogP contribution in [-0.4, -0.2) is 66.8 Å². The lowest BCUT2D eigenvalue weighted by atomic mass is 9.89. The van der Waals surface area contributed by atoms with Gasteiger partial charge in [0.1, 0.15) is 0 Å². The highest BCUT2D eigenvalue weighted by Gasteiger charge is 2.26. The van der Waals surface area contributed by atoms with E-state index in [1.165, 1.54) is 5.56 Å². The molecule has 0 aromatic carbocycles. The van der Waals surface area contributed by atoms with Crippen molar-refractivity contribution >= 4 is 6.03 Å². The lowest BCUT2D eigenvalue weighted by Crippen LogP contribution is -2.53. The third-order valence-corrected chi connectivity index (χ3v) is 4.50. The molecule has 1 atom stereocenters. The lowest BCUT2D eigenvalue weighted by molar-refractivity contribution is 0.0181. The van der Waals surface area contributed by atoms with Gasteiger partial charge in [-0.3, -0.25) is 9.88 Å². The number of hydrogen-bond donors (Lipinski definition) is 1. The van der Waals surface area contributed by atoms with E-state index in [0.717, 1.165) is 32.7 Å². The molecule has 1 aromatic rings. The Labute approximate surface area is 145 Å². The summed E-state index contributed by atoms with van der Waals surface area (Å²) in [4.78, 5) is 20.6. The van der Waals surface area contributed by atoms with E-state index >= 15 is 0 Å². The van der Waals surface area contributed by atoms with Crippen LogP contribution in [0.15, 0.2) is 24.5 Å². The van der Waals surface area contributed by atoms with Gasteiger partial charge in [0.25, 0.3) is 0 Å². The number of amides is 2. The maximum absolute atomic E-state index is 12.3. The largest absolute Gasteiger partial charge is 0.379 e. The number of urea groups is 1. The van der Waals surface area contributed by atoms with Gasteiger partial charge in [-0.1, -0.05) is 20.8 Å². The van der Waals surface area contributed by atoms with Crippen molar-refractivity contribution in [1.82, 2.24) is 20.1 Å². The minimum absolute atomic E-state index is 0.00450. The normalized spacial score (nSPS) is 17.6. The van der Waals surface area contributed by atoms with Crippen LogP contribution in [0.3, 0.4) is 0 Å². The van der Waals surface area contributed by atoms with E-state index in [9.17, 15) is 4.79 Å². The van der Waals surface area contributed by atoms with Gasteiger partial charge in [0, 0.05) is 58.8 Å². The van der Waals surface area contributed by atoms with Crippen LogP contribution in [0.2, 0.25) is 0 Å². The van der Waals surface area contributed by atoms with Gasteiger partial charge in [0.2, 0.25) is 0 Å². The minimum atomic E-state index is 0.00450. The maximum Gasteiger partial charge on any atom is 0.317 e. The number of carbonyl (C=O) groups excluding carboxylic acids is 1. The number of methoxy groups -OCH3 is 1. The van der Waals surface area contributed by atoms with E-state index in [4.69, 9.17) is 4.74 Å². The first-order chi connectivity index (χ1) is 11.4. The molecule has 0 bridgehead atoms. The molecule has 0 spiro atoms. The van der Waals surface area contributed by atoms with Crippen molar-refractivity contribution in [3.8, 4) is 0 Å². The Balaban J connectivity index is 1.74. The molecule has 134 valence electrons. The van der Waals surface area contributed by atoms with Crippen LogP contribution in [0.5, 0.6) is 0 Å². The average Bonchev–Trinajstić information content (AvgIpc) is 2.55. The first-order valence-corrected chi connectivity index (χ1v) is 8.57. The number of aromatic nitrogens is 1. The van der Waals surface area contributed by atoms with Crippen LogP contribution in [0.25, 0.3) is 0 Å². The second-order valence-corrected chi connectivity index (χ2v) is 7.40. The molecule has 1 N–H and O–H groups in total. The zero-order valence-corrected chi connectivity index (χ0v) is 15.3. The molecule has 1 aromatic heterocycles. The van der Waals surface area contributed by atoms with Crippen molar-refractivity contribution in [2.45, 2.75) is 33.4 Å². The predicted octanol–water partition coefficient (Wildman–Crippen LogP) is 1.97. The van der Waals surface area contributed by atoms with E-state index in [1.807, 2.05) is 29.4 Å². The van der Waals surface area contributed by atoms with Crippen molar-refractivity contribution in [1.29, 1.82) is 0 Å². The summed E-state index contributed by atoms with van der Waals surface area (Å²) in [5, 5.41) is 3.01. The summed E-state index contributed by atoms with van der Waals surface area (Å²) in [6, 6.07) is 4.08. The van der Waals surface area contributed by atoms with E-state index in [0.29, 0.717) is 6.54 Å².